The smallest absolute Gasteiger partial charge is 0.119 e. The van der Waals surface area contributed by atoms with Gasteiger partial charge in [-0.2, -0.15) is 0 Å². The molecule has 1 atom stereocenters. The van der Waals surface area contributed by atoms with Crippen molar-refractivity contribution in [1.29, 1.82) is 0 Å². The topological polar surface area (TPSA) is 34.1 Å². The Bertz CT molecular complexity index is 510. The zero-order valence-electron chi connectivity index (χ0n) is 10.9. The van der Waals surface area contributed by atoms with E-state index in [4.69, 9.17) is 4.74 Å². The molecular formula is C14H18N2OS. The van der Waals surface area contributed by atoms with Gasteiger partial charge in [-0.05, 0) is 31.5 Å². The van der Waals surface area contributed by atoms with E-state index in [0.717, 1.165) is 18.0 Å². The lowest BCUT2D eigenvalue weighted by Gasteiger charge is -2.14. The lowest BCUT2D eigenvalue weighted by atomic mass is 10.1. The summed E-state index contributed by atoms with van der Waals surface area (Å²) in [5.74, 6) is 0.898. The van der Waals surface area contributed by atoms with E-state index >= 15 is 0 Å². The van der Waals surface area contributed by atoms with Gasteiger partial charge < -0.3 is 10.1 Å². The Morgan fingerprint density at radius 3 is 2.94 bits per heavy atom. The van der Waals surface area contributed by atoms with Gasteiger partial charge in [0.05, 0.1) is 18.3 Å². The Morgan fingerprint density at radius 1 is 1.44 bits per heavy atom. The molecule has 2 aromatic rings. The molecule has 0 fully saturated rings. The number of nitrogens with one attached hydrogen (secondary N) is 1. The van der Waals surface area contributed by atoms with E-state index in [1.54, 1.807) is 18.4 Å². The molecule has 1 N–H and O–H groups in total. The van der Waals surface area contributed by atoms with Gasteiger partial charge in [0.1, 0.15) is 5.75 Å². The van der Waals surface area contributed by atoms with Crippen molar-refractivity contribution >= 4 is 11.3 Å². The molecule has 0 aliphatic heterocycles. The van der Waals surface area contributed by atoms with Gasteiger partial charge in [0.15, 0.2) is 0 Å². The number of aryl methyl sites for hydroxylation is 1. The number of hydrogen-bond acceptors (Lipinski definition) is 4. The molecule has 0 saturated heterocycles. The number of nitrogens with zero attached hydrogens (tertiary/aromatic N) is 1. The highest BCUT2D eigenvalue weighted by atomic mass is 32.1. The summed E-state index contributed by atoms with van der Waals surface area (Å²) in [6, 6.07) is 8.45. The first-order chi connectivity index (χ1) is 8.70. The van der Waals surface area contributed by atoms with Gasteiger partial charge in [0.2, 0.25) is 0 Å². The Labute approximate surface area is 112 Å². The van der Waals surface area contributed by atoms with E-state index in [2.05, 4.69) is 29.4 Å². The Hall–Kier alpha value is -1.39. The molecule has 18 heavy (non-hydrogen) atoms. The summed E-state index contributed by atoms with van der Waals surface area (Å²) in [6.07, 6.45) is 0. The van der Waals surface area contributed by atoms with Gasteiger partial charge in [-0.15, -0.1) is 11.3 Å². The third kappa shape index (κ3) is 3.09. The molecule has 1 aromatic carbocycles. The SMILES string of the molecule is COc1cccc([C@H](C)NCc2scnc2C)c1. The number of ether oxygens (including phenoxy) is 1. The van der Waals surface area contributed by atoms with Crippen molar-refractivity contribution < 1.29 is 4.74 Å². The maximum absolute atomic E-state index is 5.24. The largest absolute Gasteiger partial charge is 0.497 e. The first-order valence-electron chi connectivity index (χ1n) is 5.97. The zero-order valence-corrected chi connectivity index (χ0v) is 11.8. The quantitative estimate of drug-likeness (QED) is 0.897. The van der Waals surface area contributed by atoms with E-state index in [0.29, 0.717) is 6.04 Å². The molecule has 0 aliphatic carbocycles. The lowest BCUT2D eigenvalue weighted by Crippen LogP contribution is -2.17. The maximum Gasteiger partial charge on any atom is 0.119 e. The van der Waals surface area contributed by atoms with Crippen LogP contribution in [0.4, 0.5) is 0 Å². The molecule has 0 unspecified atom stereocenters. The van der Waals surface area contributed by atoms with Gasteiger partial charge in [-0.25, -0.2) is 4.98 Å². The summed E-state index contributed by atoms with van der Waals surface area (Å²) in [4.78, 5) is 5.55. The molecule has 2 rings (SSSR count). The monoisotopic (exact) mass is 262 g/mol. The van der Waals surface area contributed by atoms with Gasteiger partial charge >= 0.3 is 0 Å². The number of benzene rings is 1. The summed E-state index contributed by atoms with van der Waals surface area (Å²) in [5.41, 5.74) is 4.24. The van der Waals surface area contributed by atoms with Crippen molar-refractivity contribution in [2.24, 2.45) is 0 Å². The Balaban J connectivity index is 1.99. The second kappa shape index (κ2) is 5.98. The Morgan fingerprint density at radius 2 is 2.28 bits per heavy atom. The molecule has 0 bridgehead atoms. The normalized spacial score (nSPS) is 12.4. The van der Waals surface area contributed by atoms with Crippen molar-refractivity contribution in [2.75, 3.05) is 7.11 Å². The van der Waals surface area contributed by atoms with Gasteiger partial charge in [0.25, 0.3) is 0 Å². The highest BCUT2D eigenvalue weighted by Crippen LogP contribution is 2.20. The molecule has 0 aliphatic rings. The fourth-order valence-electron chi connectivity index (χ4n) is 1.77. The summed E-state index contributed by atoms with van der Waals surface area (Å²) in [5, 5.41) is 3.51. The molecule has 0 spiro atoms. The van der Waals surface area contributed by atoms with E-state index < -0.39 is 0 Å². The first-order valence-corrected chi connectivity index (χ1v) is 6.85. The van der Waals surface area contributed by atoms with E-state index in [1.165, 1.54) is 10.4 Å². The summed E-state index contributed by atoms with van der Waals surface area (Å²) in [6.45, 7) is 5.06. The van der Waals surface area contributed by atoms with Crippen molar-refractivity contribution in [3.8, 4) is 5.75 Å². The average Bonchev–Trinajstić information content (AvgIpc) is 2.81. The summed E-state index contributed by atoms with van der Waals surface area (Å²) < 4.78 is 5.24. The van der Waals surface area contributed by atoms with Crippen LogP contribution in [0.5, 0.6) is 5.75 Å². The van der Waals surface area contributed by atoms with E-state index in [9.17, 15) is 0 Å². The number of methoxy groups -OCH3 is 1. The van der Waals surface area contributed by atoms with Crippen LogP contribution in [0.1, 0.15) is 29.1 Å². The van der Waals surface area contributed by atoms with Crippen LogP contribution in [-0.4, -0.2) is 12.1 Å². The molecule has 0 amide bonds. The molecule has 4 heteroatoms. The second-order valence-electron chi connectivity index (χ2n) is 4.24. The van der Waals surface area contributed by atoms with Crippen LogP contribution in [0.3, 0.4) is 0 Å². The number of aromatic nitrogens is 1. The van der Waals surface area contributed by atoms with Crippen LogP contribution in [0.15, 0.2) is 29.8 Å². The first kappa shape index (κ1) is 13.1. The van der Waals surface area contributed by atoms with Crippen molar-refractivity contribution in [1.82, 2.24) is 10.3 Å². The highest BCUT2D eigenvalue weighted by Gasteiger charge is 2.07. The minimum absolute atomic E-state index is 0.293. The minimum Gasteiger partial charge on any atom is -0.497 e. The highest BCUT2D eigenvalue weighted by molar-refractivity contribution is 7.09. The maximum atomic E-state index is 5.24. The Kier molecular flexibility index (Phi) is 4.33. The van der Waals surface area contributed by atoms with Gasteiger partial charge in [0, 0.05) is 17.5 Å². The van der Waals surface area contributed by atoms with Crippen molar-refractivity contribution in [3.63, 3.8) is 0 Å². The van der Waals surface area contributed by atoms with Gasteiger partial charge in [-0.3, -0.25) is 0 Å². The minimum atomic E-state index is 0.293. The van der Waals surface area contributed by atoms with Crippen LogP contribution in [0, 0.1) is 6.92 Å². The summed E-state index contributed by atoms with van der Waals surface area (Å²) >= 11 is 1.70. The number of thiazole rings is 1. The van der Waals surface area contributed by atoms with Crippen LogP contribution >= 0.6 is 11.3 Å². The third-order valence-corrected chi connectivity index (χ3v) is 3.94. The molecule has 3 nitrogen and oxygen atoms in total. The van der Waals surface area contributed by atoms with Gasteiger partial charge in [-0.1, -0.05) is 12.1 Å². The molecule has 0 saturated carbocycles. The van der Waals surface area contributed by atoms with Crippen molar-refractivity contribution in [2.45, 2.75) is 26.4 Å². The molecule has 1 aromatic heterocycles. The van der Waals surface area contributed by atoms with Crippen LogP contribution < -0.4 is 10.1 Å². The molecule has 0 radical (unpaired) electrons. The van der Waals surface area contributed by atoms with Crippen LogP contribution in [0.2, 0.25) is 0 Å². The number of hydrogen-bond donors (Lipinski definition) is 1. The predicted molar refractivity (Wildman–Crippen MR) is 75.1 cm³/mol. The van der Waals surface area contributed by atoms with Crippen LogP contribution in [-0.2, 0) is 6.54 Å². The second-order valence-corrected chi connectivity index (χ2v) is 5.18. The average molecular weight is 262 g/mol. The molecular weight excluding hydrogens is 244 g/mol. The van der Waals surface area contributed by atoms with E-state index in [1.807, 2.05) is 24.6 Å². The fraction of sp³-hybridized carbons (Fsp3) is 0.357. The fourth-order valence-corrected chi connectivity index (χ4v) is 2.50. The van der Waals surface area contributed by atoms with Crippen molar-refractivity contribution in [3.05, 3.63) is 45.9 Å². The molecule has 96 valence electrons. The lowest BCUT2D eigenvalue weighted by molar-refractivity contribution is 0.413. The third-order valence-electron chi connectivity index (χ3n) is 3.01. The van der Waals surface area contributed by atoms with Crippen LogP contribution in [0.25, 0.3) is 0 Å². The predicted octanol–water partition coefficient (Wildman–Crippen LogP) is 3.31. The number of rotatable bonds is 5. The standard InChI is InChI=1S/C14H18N2OS/c1-10(12-5-4-6-13(7-12)17-3)15-8-14-11(2)16-9-18-14/h4-7,9-10,15H,8H2,1-3H3/t10-/m0/s1. The molecule has 1 heterocycles. The zero-order chi connectivity index (χ0) is 13.0. The summed E-state index contributed by atoms with van der Waals surface area (Å²) in [7, 11) is 1.69. The van der Waals surface area contributed by atoms with E-state index in [-0.39, 0.29) is 0 Å².